The number of nitrogens with one attached hydrogen (secondary N) is 2. The summed E-state index contributed by atoms with van der Waals surface area (Å²) in [6, 6.07) is 7.51. The maximum atomic E-state index is 12.2. The highest BCUT2D eigenvalue weighted by Gasteiger charge is 2.09. The lowest BCUT2D eigenvalue weighted by atomic mass is 10.1. The zero-order chi connectivity index (χ0) is 15.2. The second-order valence-electron chi connectivity index (χ2n) is 5.06. The Morgan fingerprint density at radius 2 is 2.00 bits per heavy atom. The Balaban J connectivity index is 2.17. The molecule has 2 aromatic rings. The van der Waals surface area contributed by atoms with Gasteiger partial charge < -0.3 is 5.32 Å². The Morgan fingerprint density at radius 1 is 1.29 bits per heavy atom. The minimum atomic E-state index is -0.0866. The normalized spacial score (nSPS) is 10.6. The molecule has 5 heteroatoms. The maximum Gasteiger partial charge on any atom is 0.256 e. The van der Waals surface area contributed by atoms with Gasteiger partial charge in [0.25, 0.3) is 5.56 Å². The van der Waals surface area contributed by atoms with Crippen LogP contribution in [0.3, 0.4) is 0 Å². The summed E-state index contributed by atoms with van der Waals surface area (Å²) in [6.45, 7) is 4.80. The van der Waals surface area contributed by atoms with E-state index in [0.717, 1.165) is 30.6 Å². The third-order valence-electron chi connectivity index (χ3n) is 3.34. The van der Waals surface area contributed by atoms with Gasteiger partial charge in [0, 0.05) is 23.6 Å². The Morgan fingerprint density at radius 3 is 2.62 bits per heavy atom. The Labute approximate surface area is 129 Å². The number of aromatic amines is 1. The summed E-state index contributed by atoms with van der Waals surface area (Å²) in [5.41, 5.74) is 2.41. The van der Waals surface area contributed by atoms with Crippen molar-refractivity contribution in [3.05, 3.63) is 56.5 Å². The van der Waals surface area contributed by atoms with Gasteiger partial charge in [0.15, 0.2) is 0 Å². The van der Waals surface area contributed by atoms with Crippen molar-refractivity contribution < 1.29 is 0 Å². The molecule has 1 heterocycles. The van der Waals surface area contributed by atoms with Crippen LogP contribution in [0.1, 0.15) is 36.6 Å². The number of H-pyrrole nitrogens is 1. The lowest BCUT2D eigenvalue weighted by Gasteiger charge is -2.09. The van der Waals surface area contributed by atoms with Crippen LogP contribution in [-0.4, -0.2) is 16.5 Å². The monoisotopic (exact) mass is 305 g/mol. The van der Waals surface area contributed by atoms with Crippen LogP contribution in [0.4, 0.5) is 5.95 Å². The van der Waals surface area contributed by atoms with Crippen molar-refractivity contribution in [2.24, 2.45) is 0 Å². The van der Waals surface area contributed by atoms with Gasteiger partial charge in [-0.3, -0.25) is 9.78 Å². The fourth-order valence-electron chi connectivity index (χ4n) is 2.09. The van der Waals surface area contributed by atoms with Gasteiger partial charge in [-0.25, -0.2) is 4.98 Å². The highest BCUT2D eigenvalue weighted by atomic mass is 35.5. The minimum Gasteiger partial charge on any atom is -0.356 e. The molecule has 2 N–H and O–H groups in total. The van der Waals surface area contributed by atoms with E-state index in [2.05, 4.69) is 22.2 Å². The molecular formula is C16H20ClN3O. The van der Waals surface area contributed by atoms with Crippen LogP contribution >= 0.6 is 11.6 Å². The predicted molar refractivity (Wildman–Crippen MR) is 87.3 cm³/mol. The van der Waals surface area contributed by atoms with E-state index in [0.29, 0.717) is 23.0 Å². The third-order valence-corrected chi connectivity index (χ3v) is 3.59. The number of unbranched alkanes of at least 4 members (excludes halogenated alkanes) is 1. The molecule has 2 rings (SSSR count). The van der Waals surface area contributed by atoms with Crippen LogP contribution < -0.4 is 10.9 Å². The largest absolute Gasteiger partial charge is 0.356 e. The summed E-state index contributed by atoms with van der Waals surface area (Å²) in [6.07, 6.45) is 2.71. The molecule has 0 bridgehead atoms. The molecule has 21 heavy (non-hydrogen) atoms. The number of halogens is 1. The summed E-state index contributed by atoms with van der Waals surface area (Å²) in [5.74, 6) is 0.547. The van der Waals surface area contributed by atoms with Crippen LogP contribution in [-0.2, 0) is 6.42 Å². The van der Waals surface area contributed by atoms with E-state index in [1.807, 2.05) is 31.2 Å². The van der Waals surface area contributed by atoms with Gasteiger partial charge in [-0.05, 0) is 31.0 Å². The molecule has 0 saturated heterocycles. The van der Waals surface area contributed by atoms with E-state index in [1.165, 1.54) is 0 Å². The van der Waals surface area contributed by atoms with Crippen LogP contribution in [0.5, 0.6) is 0 Å². The van der Waals surface area contributed by atoms with Crippen LogP contribution in [0, 0.1) is 6.92 Å². The topological polar surface area (TPSA) is 57.8 Å². The van der Waals surface area contributed by atoms with E-state index in [9.17, 15) is 4.79 Å². The van der Waals surface area contributed by atoms with Crippen molar-refractivity contribution in [3.8, 4) is 0 Å². The Hall–Kier alpha value is -1.81. The first-order chi connectivity index (χ1) is 10.1. The number of rotatable bonds is 6. The molecule has 0 aliphatic rings. The molecule has 4 nitrogen and oxygen atoms in total. The lowest BCUT2D eigenvalue weighted by Crippen LogP contribution is -2.20. The number of aromatic nitrogens is 2. The van der Waals surface area contributed by atoms with Gasteiger partial charge in [0.2, 0.25) is 5.95 Å². The quantitative estimate of drug-likeness (QED) is 0.803. The van der Waals surface area contributed by atoms with Crippen molar-refractivity contribution in [1.82, 2.24) is 9.97 Å². The molecule has 1 aromatic carbocycles. The average Bonchev–Trinajstić information content (AvgIpc) is 2.45. The predicted octanol–water partition coefficient (Wildman–Crippen LogP) is 3.53. The zero-order valence-electron chi connectivity index (χ0n) is 12.4. The van der Waals surface area contributed by atoms with Crippen LogP contribution in [0.15, 0.2) is 29.1 Å². The third kappa shape index (κ3) is 4.33. The summed E-state index contributed by atoms with van der Waals surface area (Å²) in [7, 11) is 0. The first kappa shape index (κ1) is 15.6. The van der Waals surface area contributed by atoms with E-state index < -0.39 is 0 Å². The fraction of sp³-hybridized carbons (Fsp3) is 0.375. The SMILES string of the molecule is CCCCNc1nc(C)c(Cc2ccc(Cl)cc2)c(=O)[nH]1. The minimum absolute atomic E-state index is 0.0866. The van der Waals surface area contributed by atoms with E-state index >= 15 is 0 Å². The molecule has 0 aliphatic heterocycles. The van der Waals surface area contributed by atoms with E-state index in [1.54, 1.807) is 0 Å². The first-order valence-electron chi connectivity index (χ1n) is 7.18. The lowest BCUT2D eigenvalue weighted by molar-refractivity contribution is 0.822. The molecule has 0 radical (unpaired) electrons. The summed E-state index contributed by atoms with van der Waals surface area (Å²) >= 11 is 5.87. The molecule has 0 spiro atoms. The molecule has 0 fully saturated rings. The van der Waals surface area contributed by atoms with E-state index in [-0.39, 0.29) is 5.56 Å². The first-order valence-corrected chi connectivity index (χ1v) is 7.56. The van der Waals surface area contributed by atoms with Crippen molar-refractivity contribution >= 4 is 17.5 Å². The second-order valence-corrected chi connectivity index (χ2v) is 5.50. The molecule has 0 saturated carbocycles. The maximum absolute atomic E-state index is 12.2. The standard InChI is InChI=1S/C16H20ClN3O/c1-3-4-9-18-16-19-11(2)14(15(21)20-16)10-12-5-7-13(17)8-6-12/h5-8H,3-4,9-10H2,1-2H3,(H2,18,19,20,21). The van der Waals surface area contributed by atoms with Crippen LogP contribution in [0.2, 0.25) is 5.02 Å². The highest BCUT2D eigenvalue weighted by molar-refractivity contribution is 6.30. The number of aryl methyl sites for hydroxylation is 1. The van der Waals surface area contributed by atoms with Gasteiger partial charge in [-0.1, -0.05) is 37.1 Å². The van der Waals surface area contributed by atoms with Crippen molar-refractivity contribution in [2.75, 3.05) is 11.9 Å². The molecule has 0 atom stereocenters. The molecule has 0 aliphatic carbocycles. The Kier molecular flexibility index (Phi) is 5.39. The number of anilines is 1. The summed E-state index contributed by atoms with van der Waals surface area (Å²) in [4.78, 5) is 19.4. The van der Waals surface area contributed by atoms with Crippen molar-refractivity contribution in [3.63, 3.8) is 0 Å². The number of benzene rings is 1. The number of hydrogen-bond donors (Lipinski definition) is 2. The zero-order valence-corrected chi connectivity index (χ0v) is 13.1. The molecular weight excluding hydrogens is 286 g/mol. The smallest absolute Gasteiger partial charge is 0.256 e. The molecule has 1 aromatic heterocycles. The fourth-order valence-corrected chi connectivity index (χ4v) is 2.22. The molecule has 112 valence electrons. The van der Waals surface area contributed by atoms with Crippen LogP contribution in [0.25, 0.3) is 0 Å². The van der Waals surface area contributed by atoms with Gasteiger partial charge in [-0.2, -0.15) is 0 Å². The van der Waals surface area contributed by atoms with Gasteiger partial charge in [0.1, 0.15) is 0 Å². The summed E-state index contributed by atoms with van der Waals surface area (Å²) in [5, 5.41) is 3.83. The summed E-state index contributed by atoms with van der Waals surface area (Å²) < 4.78 is 0. The number of nitrogens with zero attached hydrogens (tertiary/aromatic N) is 1. The average molecular weight is 306 g/mol. The van der Waals surface area contributed by atoms with E-state index in [4.69, 9.17) is 11.6 Å². The highest BCUT2D eigenvalue weighted by Crippen LogP contribution is 2.13. The second kappa shape index (κ2) is 7.27. The Bertz CT molecular complexity index is 650. The van der Waals surface area contributed by atoms with Crippen molar-refractivity contribution in [1.29, 1.82) is 0 Å². The molecule has 0 unspecified atom stereocenters. The van der Waals surface area contributed by atoms with Gasteiger partial charge >= 0.3 is 0 Å². The van der Waals surface area contributed by atoms with Gasteiger partial charge in [-0.15, -0.1) is 0 Å². The number of hydrogen-bond acceptors (Lipinski definition) is 3. The van der Waals surface area contributed by atoms with Gasteiger partial charge in [0.05, 0.1) is 5.69 Å². The van der Waals surface area contributed by atoms with Crippen molar-refractivity contribution in [2.45, 2.75) is 33.1 Å². The molecule has 0 amide bonds.